The zero-order chi connectivity index (χ0) is 27.2. The molecule has 6 heterocycles. The van der Waals surface area contributed by atoms with Gasteiger partial charge in [0.25, 0.3) is 5.91 Å². The number of anilines is 2. The fourth-order valence-corrected chi connectivity index (χ4v) is 6.62. The summed E-state index contributed by atoms with van der Waals surface area (Å²) in [5, 5.41) is 7.14. The van der Waals surface area contributed by atoms with Gasteiger partial charge in [0.05, 0.1) is 36.5 Å². The van der Waals surface area contributed by atoms with Gasteiger partial charge in [0.1, 0.15) is 0 Å². The number of piperazine rings is 1. The molecule has 4 amide bonds. The summed E-state index contributed by atoms with van der Waals surface area (Å²) in [4.78, 5) is 53.6. The summed E-state index contributed by atoms with van der Waals surface area (Å²) in [6.45, 7) is 7.84. The lowest BCUT2D eigenvalue weighted by molar-refractivity contribution is -0.123. The summed E-state index contributed by atoms with van der Waals surface area (Å²) in [5.41, 5.74) is 3.63. The molecular weight excluding hydrogens is 532 g/mol. The maximum atomic E-state index is 13.0. The Labute approximate surface area is 235 Å². The van der Waals surface area contributed by atoms with Crippen LogP contribution in [0.1, 0.15) is 27.9 Å². The molecule has 3 saturated heterocycles. The quantitative estimate of drug-likeness (QED) is 0.496. The first-order chi connectivity index (χ1) is 19.5. The highest BCUT2D eigenvalue weighted by Crippen LogP contribution is 2.32. The van der Waals surface area contributed by atoms with E-state index in [-0.39, 0.29) is 24.8 Å². The second-order valence-corrected chi connectivity index (χ2v) is 11.3. The fraction of sp³-hybridized carbons (Fsp3) is 0.444. The Kier molecular flexibility index (Phi) is 6.48. The Morgan fingerprint density at radius 2 is 1.73 bits per heavy atom. The lowest BCUT2D eigenvalue weighted by atomic mass is 10.1. The Morgan fingerprint density at radius 1 is 0.900 bits per heavy atom. The number of aromatic nitrogens is 2. The summed E-state index contributed by atoms with van der Waals surface area (Å²) in [7, 11) is 0. The molecule has 0 spiro atoms. The average molecular weight is 563 g/mol. The molecule has 0 saturated carbocycles. The molecule has 0 bridgehead atoms. The van der Waals surface area contributed by atoms with Gasteiger partial charge in [-0.25, -0.2) is 19.8 Å². The van der Waals surface area contributed by atoms with Crippen LogP contribution in [0.2, 0.25) is 0 Å². The summed E-state index contributed by atoms with van der Waals surface area (Å²) in [6, 6.07) is 7.44. The van der Waals surface area contributed by atoms with Crippen molar-refractivity contribution in [1.29, 1.82) is 0 Å². The number of hydrogen-bond donors (Lipinski definition) is 1. The minimum Gasteiger partial charge on any atom is -0.378 e. The molecule has 2 aromatic heterocycles. The van der Waals surface area contributed by atoms with E-state index in [0.717, 1.165) is 78.9 Å². The molecule has 1 aromatic carbocycles. The van der Waals surface area contributed by atoms with Crippen molar-refractivity contribution in [2.24, 2.45) is 0 Å². The number of morpholine rings is 1. The molecule has 0 aliphatic carbocycles. The number of ether oxygens (including phenoxy) is 1. The van der Waals surface area contributed by atoms with Crippen LogP contribution in [0.25, 0.3) is 10.2 Å². The molecule has 3 fully saturated rings. The number of amides is 4. The van der Waals surface area contributed by atoms with Crippen LogP contribution in [0, 0.1) is 0 Å². The largest absolute Gasteiger partial charge is 0.378 e. The number of nitrogens with one attached hydrogen (secondary N) is 1. The van der Waals surface area contributed by atoms with Crippen LogP contribution in [0.3, 0.4) is 0 Å². The van der Waals surface area contributed by atoms with Crippen molar-refractivity contribution >= 4 is 51.2 Å². The van der Waals surface area contributed by atoms with Gasteiger partial charge in [0, 0.05) is 57.8 Å². The molecule has 12 nitrogen and oxygen atoms in total. The second kappa shape index (κ2) is 10.3. The minimum absolute atomic E-state index is 0.184. The molecule has 0 radical (unpaired) electrons. The third-order valence-corrected chi connectivity index (χ3v) is 8.82. The molecule has 0 unspecified atom stereocenters. The summed E-state index contributed by atoms with van der Waals surface area (Å²) in [5.74, 6) is 1.27. The van der Waals surface area contributed by atoms with E-state index in [1.807, 2.05) is 12.1 Å². The molecule has 4 aliphatic heterocycles. The first-order valence-corrected chi connectivity index (χ1v) is 14.5. The zero-order valence-corrected chi connectivity index (χ0v) is 22.9. The Hall–Kier alpha value is -3.81. The third kappa shape index (κ3) is 4.63. The number of fused-ring (bicyclic) bond motifs is 2. The lowest BCUT2D eigenvalue weighted by Gasteiger charge is -2.35. The molecule has 4 aliphatic rings. The van der Waals surface area contributed by atoms with Crippen LogP contribution in [-0.4, -0.2) is 102 Å². The number of rotatable bonds is 5. The molecular formula is C27H30N8O4S. The van der Waals surface area contributed by atoms with Crippen molar-refractivity contribution in [3.8, 4) is 0 Å². The third-order valence-electron chi connectivity index (χ3n) is 7.92. The van der Waals surface area contributed by atoms with E-state index >= 15 is 0 Å². The van der Waals surface area contributed by atoms with E-state index in [0.29, 0.717) is 25.3 Å². The number of hydrogen-bond acceptors (Lipinski definition) is 10. The van der Waals surface area contributed by atoms with Crippen molar-refractivity contribution in [2.45, 2.75) is 19.5 Å². The van der Waals surface area contributed by atoms with Crippen LogP contribution in [0.4, 0.5) is 16.6 Å². The van der Waals surface area contributed by atoms with E-state index in [2.05, 4.69) is 37.5 Å². The summed E-state index contributed by atoms with van der Waals surface area (Å²) < 4.78 is 6.68. The number of imide groups is 1. The van der Waals surface area contributed by atoms with Crippen LogP contribution < -0.4 is 15.1 Å². The Morgan fingerprint density at radius 3 is 2.52 bits per heavy atom. The predicted molar refractivity (Wildman–Crippen MR) is 149 cm³/mol. The second-order valence-electron chi connectivity index (χ2n) is 10.4. The van der Waals surface area contributed by atoms with Gasteiger partial charge < -0.3 is 14.5 Å². The topological polar surface area (TPSA) is 114 Å². The van der Waals surface area contributed by atoms with Gasteiger partial charge in [0.2, 0.25) is 11.9 Å². The molecule has 1 N–H and O–H groups in total. The van der Waals surface area contributed by atoms with E-state index in [4.69, 9.17) is 14.7 Å². The van der Waals surface area contributed by atoms with Crippen LogP contribution in [-0.2, 0) is 22.6 Å². The minimum atomic E-state index is -0.547. The van der Waals surface area contributed by atoms with E-state index in [1.54, 1.807) is 11.3 Å². The van der Waals surface area contributed by atoms with Crippen LogP contribution in [0.5, 0.6) is 0 Å². The highest BCUT2D eigenvalue weighted by Gasteiger charge is 2.37. The maximum absolute atomic E-state index is 13.0. The highest BCUT2D eigenvalue weighted by molar-refractivity contribution is 7.17. The van der Waals surface area contributed by atoms with Gasteiger partial charge >= 0.3 is 6.03 Å². The van der Waals surface area contributed by atoms with Crippen molar-refractivity contribution in [3.05, 3.63) is 46.3 Å². The van der Waals surface area contributed by atoms with Crippen LogP contribution >= 0.6 is 11.3 Å². The predicted octanol–water partition coefficient (Wildman–Crippen LogP) is 1.66. The van der Waals surface area contributed by atoms with Crippen molar-refractivity contribution in [1.82, 2.24) is 30.2 Å². The smallest absolute Gasteiger partial charge is 0.342 e. The Bertz CT molecular complexity index is 1480. The summed E-state index contributed by atoms with van der Waals surface area (Å²) in [6.07, 6.45) is 0.184. The van der Waals surface area contributed by atoms with Crippen molar-refractivity contribution in [3.63, 3.8) is 0 Å². The van der Waals surface area contributed by atoms with Gasteiger partial charge in [-0.2, -0.15) is 4.98 Å². The van der Waals surface area contributed by atoms with Gasteiger partial charge in [-0.1, -0.05) is 12.1 Å². The number of carbonyl (C=O) groups excluding carboxylic acids is 3. The normalized spacial score (nSPS) is 20.4. The van der Waals surface area contributed by atoms with E-state index in [1.165, 1.54) is 10.0 Å². The van der Waals surface area contributed by atoms with Gasteiger partial charge in [-0.3, -0.25) is 19.8 Å². The van der Waals surface area contributed by atoms with Crippen molar-refractivity contribution < 1.29 is 19.1 Å². The van der Waals surface area contributed by atoms with Gasteiger partial charge in [-0.15, -0.1) is 11.3 Å². The van der Waals surface area contributed by atoms with Gasteiger partial charge in [0.15, 0.2) is 5.82 Å². The molecule has 3 aromatic rings. The SMILES string of the molecule is O=C1CCN(N2Cc3cc(CN4CCN(c5nc(N6CCOCC6)c6sccc6n5)CC4)ccc3C2=O)C(=O)N1. The first kappa shape index (κ1) is 25.2. The van der Waals surface area contributed by atoms with E-state index < -0.39 is 6.03 Å². The summed E-state index contributed by atoms with van der Waals surface area (Å²) >= 11 is 1.69. The maximum Gasteiger partial charge on any atom is 0.342 e. The standard InChI is InChI=1S/C27H30N8O4S/c36-22-3-5-34(27(38)29-22)35-17-19-15-18(1-2-20(19)25(35)37)16-31-6-8-33(9-7-31)26-28-21-4-14-40-23(21)24(30-26)32-10-12-39-13-11-32/h1-2,4,14-15H,3,5-13,16-17H2,(H,29,36,38). The highest BCUT2D eigenvalue weighted by atomic mass is 32.1. The molecule has 208 valence electrons. The molecule has 13 heteroatoms. The molecule has 40 heavy (non-hydrogen) atoms. The monoisotopic (exact) mass is 562 g/mol. The Balaban J connectivity index is 1.00. The van der Waals surface area contributed by atoms with Gasteiger partial charge in [-0.05, 0) is 28.6 Å². The number of carbonyl (C=O) groups is 3. The van der Waals surface area contributed by atoms with E-state index in [9.17, 15) is 14.4 Å². The fourth-order valence-electron chi connectivity index (χ4n) is 5.77. The number of urea groups is 1. The lowest BCUT2D eigenvalue weighted by Crippen LogP contribution is -2.56. The molecule has 7 rings (SSSR count). The number of hydrazine groups is 1. The zero-order valence-electron chi connectivity index (χ0n) is 22.0. The van der Waals surface area contributed by atoms with Crippen molar-refractivity contribution in [2.75, 3.05) is 68.8 Å². The first-order valence-electron chi connectivity index (χ1n) is 13.6. The van der Waals surface area contributed by atoms with Crippen LogP contribution in [0.15, 0.2) is 29.6 Å². The number of nitrogens with zero attached hydrogens (tertiary/aromatic N) is 7. The number of thiophene rings is 1. The number of benzene rings is 1. The average Bonchev–Trinajstić information content (AvgIpc) is 3.58. The molecule has 0 atom stereocenters.